The predicted octanol–water partition coefficient (Wildman–Crippen LogP) is 3.72. The number of hydrazone groups is 1. The van der Waals surface area contributed by atoms with E-state index in [1.165, 1.54) is 18.3 Å². The number of benzene rings is 2. The summed E-state index contributed by atoms with van der Waals surface area (Å²) in [5.74, 6) is -0.650. The van der Waals surface area contributed by atoms with Crippen molar-refractivity contribution in [2.75, 3.05) is 0 Å². The van der Waals surface area contributed by atoms with Crippen LogP contribution in [-0.4, -0.2) is 23.0 Å². The fourth-order valence-corrected chi connectivity index (χ4v) is 2.56. The van der Waals surface area contributed by atoms with Crippen LogP contribution in [-0.2, 0) is 0 Å². The van der Waals surface area contributed by atoms with Crippen molar-refractivity contribution in [1.29, 1.82) is 0 Å². The molecule has 3 aromatic rings. The molecular weight excluding hydrogens is 412 g/mol. The van der Waals surface area contributed by atoms with E-state index in [0.29, 0.717) is 11.1 Å². The molecule has 0 aliphatic carbocycles. The van der Waals surface area contributed by atoms with Crippen LogP contribution in [0.3, 0.4) is 0 Å². The third kappa shape index (κ3) is 4.78. The Hall–Kier alpha value is -3.03. The van der Waals surface area contributed by atoms with Crippen molar-refractivity contribution in [1.82, 2.24) is 5.43 Å². The van der Waals surface area contributed by atoms with Gasteiger partial charge < -0.3 is 9.52 Å². The minimum Gasteiger partial charge on any atom is -0.452 e. The SMILES string of the molecule is O=C(N/N=C/c1ccc(C(=O)C(O)c2ccccc2)o1)c1ccc(Br)cc1. The molecule has 3 rings (SSSR count). The van der Waals surface area contributed by atoms with Crippen LogP contribution in [0, 0.1) is 0 Å². The summed E-state index contributed by atoms with van der Waals surface area (Å²) >= 11 is 3.30. The molecule has 1 aromatic heterocycles. The van der Waals surface area contributed by atoms with Crippen LogP contribution < -0.4 is 5.43 Å². The normalized spacial score (nSPS) is 12.1. The Morgan fingerprint density at radius 1 is 1.04 bits per heavy atom. The minimum atomic E-state index is -1.31. The number of rotatable bonds is 6. The molecule has 136 valence electrons. The molecule has 6 nitrogen and oxygen atoms in total. The lowest BCUT2D eigenvalue weighted by Gasteiger charge is -2.07. The number of hydrogen-bond donors (Lipinski definition) is 2. The second-order valence-corrected chi connectivity index (χ2v) is 6.50. The second kappa shape index (κ2) is 8.57. The lowest BCUT2D eigenvalue weighted by molar-refractivity contribution is 0.0717. The Kier molecular flexibility index (Phi) is 5.95. The van der Waals surface area contributed by atoms with E-state index in [4.69, 9.17) is 4.42 Å². The Labute approximate surface area is 163 Å². The zero-order valence-corrected chi connectivity index (χ0v) is 15.6. The zero-order chi connectivity index (χ0) is 19.2. The number of carbonyl (C=O) groups excluding carboxylic acids is 2. The lowest BCUT2D eigenvalue weighted by atomic mass is 10.0. The van der Waals surface area contributed by atoms with Crippen molar-refractivity contribution in [3.8, 4) is 0 Å². The van der Waals surface area contributed by atoms with Gasteiger partial charge in [0.05, 0.1) is 6.21 Å². The van der Waals surface area contributed by atoms with Gasteiger partial charge in [0.15, 0.2) is 5.76 Å². The molecule has 0 aliphatic heterocycles. The Morgan fingerprint density at radius 3 is 2.44 bits per heavy atom. The third-order valence-electron chi connectivity index (χ3n) is 3.70. The number of furan rings is 1. The van der Waals surface area contributed by atoms with Crippen LogP contribution in [0.1, 0.15) is 38.3 Å². The van der Waals surface area contributed by atoms with Gasteiger partial charge in [0, 0.05) is 10.0 Å². The molecule has 1 heterocycles. The first-order chi connectivity index (χ1) is 13.0. The van der Waals surface area contributed by atoms with Gasteiger partial charge in [0.2, 0.25) is 5.78 Å². The van der Waals surface area contributed by atoms with Gasteiger partial charge in [0.25, 0.3) is 5.91 Å². The highest BCUT2D eigenvalue weighted by molar-refractivity contribution is 9.10. The van der Waals surface area contributed by atoms with Gasteiger partial charge in [-0.1, -0.05) is 46.3 Å². The molecule has 2 N–H and O–H groups in total. The van der Waals surface area contributed by atoms with Crippen LogP contribution >= 0.6 is 15.9 Å². The van der Waals surface area contributed by atoms with E-state index < -0.39 is 11.9 Å². The van der Waals surface area contributed by atoms with Crippen molar-refractivity contribution in [3.05, 3.63) is 93.9 Å². The summed E-state index contributed by atoms with van der Waals surface area (Å²) in [6, 6.07) is 18.4. The highest BCUT2D eigenvalue weighted by Crippen LogP contribution is 2.19. The minimum absolute atomic E-state index is 0.00652. The summed E-state index contributed by atoms with van der Waals surface area (Å²) in [4.78, 5) is 24.2. The van der Waals surface area contributed by atoms with Gasteiger partial charge in [0.1, 0.15) is 11.9 Å². The first kappa shape index (κ1) is 18.8. The molecule has 0 spiro atoms. The number of Topliss-reactive ketones (excluding diaryl/α,β-unsaturated/α-hetero) is 1. The van der Waals surface area contributed by atoms with Gasteiger partial charge in [-0.3, -0.25) is 9.59 Å². The molecule has 0 saturated carbocycles. The average Bonchev–Trinajstić information content (AvgIpc) is 3.17. The first-order valence-electron chi connectivity index (χ1n) is 8.00. The van der Waals surface area contributed by atoms with Crippen molar-refractivity contribution in [2.24, 2.45) is 5.10 Å². The molecule has 1 amide bonds. The first-order valence-corrected chi connectivity index (χ1v) is 8.80. The van der Waals surface area contributed by atoms with Crippen molar-refractivity contribution >= 4 is 33.8 Å². The number of hydrogen-bond acceptors (Lipinski definition) is 5. The summed E-state index contributed by atoms with van der Waals surface area (Å²) in [7, 11) is 0. The number of aliphatic hydroxyl groups is 1. The van der Waals surface area contributed by atoms with Crippen LogP contribution in [0.15, 0.2) is 80.7 Å². The van der Waals surface area contributed by atoms with E-state index >= 15 is 0 Å². The van der Waals surface area contributed by atoms with Crippen LogP contribution in [0.25, 0.3) is 0 Å². The van der Waals surface area contributed by atoms with E-state index in [0.717, 1.165) is 4.47 Å². The molecule has 0 saturated heterocycles. The highest BCUT2D eigenvalue weighted by atomic mass is 79.9. The number of halogens is 1. The van der Waals surface area contributed by atoms with Crippen molar-refractivity contribution in [3.63, 3.8) is 0 Å². The van der Waals surface area contributed by atoms with Crippen LogP contribution in [0.4, 0.5) is 0 Å². The van der Waals surface area contributed by atoms with Crippen LogP contribution in [0.2, 0.25) is 0 Å². The summed E-state index contributed by atoms with van der Waals surface area (Å²) in [6.45, 7) is 0. The molecule has 7 heteroatoms. The van der Waals surface area contributed by atoms with E-state index in [2.05, 4.69) is 26.5 Å². The third-order valence-corrected chi connectivity index (χ3v) is 4.23. The quantitative estimate of drug-likeness (QED) is 0.356. The zero-order valence-electron chi connectivity index (χ0n) is 14.0. The number of aliphatic hydroxyl groups excluding tert-OH is 1. The van der Waals surface area contributed by atoms with E-state index in [1.807, 2.05) is 0 Å². The molecule has 1 atom stereocenters. The molecule has 0 radical (unpaired) electrons. The molecule has 0 fully saturated rings. The van der Waals surface area contributed by atoms with E-state index in [-0.39, 0.29) is 17.4 Å². The number of ketones is 1. The van der Waals surface area contributed by atoms with Gasteiger partial charge >= 0.3 is 0 Å². The number of nitrogens with one attached hydrogen (secondary N) is 1. The van der Waals surface area contributed by atoms with Crippen molar-refractivity contribution in [2.45, 2.75) is 6.10 Å². The summed E-state index contributed by atoms with van der Waals surface area (Å²) in [5.41, 5.74) is 3.31. The Balaban J connectivity index is 1.62. The standard InChI is InChI=1S/C20H15BrN2O4/c21-15-8-6-14(7-9-15)20(26)23-22-12-16-10-11-17(27-16)19(25)18(24)13-4-2-1-3-5-13/h1-12,18,24H,(H,23,26)/b22-12+. The summed E-state index contributed by atoms with van der Waals surface area (Å²) in [5, 5.41) is 14.0. The maximum absolute atomic E-state index is 12.3. The van der Waals surface area contributed by atoms with Gasteiger partial charge in [-0.15, -0.1) is 0 Å². The molecule has 1 unspecified atom stereocenters. The maximum atomic E-state index is 12.3. The average molecular weight is 427 g/mol. The van der Waals surface area contributed by atoms with Gasteiger partial charge in [-0.05, 0) is 42.0 Å². The predicted molar refractivity (Wildman–Crippen MR) is 104 cm³/mol. The second-order valence-electron chi connectivity index (χ2n) is 5.59. The van der Waals surface area contributed by atoms with E-state index in [1.54, 1.807) is 54.6 Å². The van der Waals surface area contributed by atoms with Crippen molar-refractivity contribution < 1.29 is 19.1 Å². The largest absolute Gasteiger partial charge is 0.452 e. The fourth-order valence-electron chi connectivity index (χ4n) is 2.30. The molecule has 27 heavy (non-hydrogen) atoms. The van der Waals surface area contributed by atoms with Crippen LogP contribution in [0.5, 0.6) is 0 Å². The number of amides is 1. The molecule has 0 aliphatic rings. The maximum Gasteiger partial charge on any atom is 0.271 e. The topological polar surface area (TPSA) is 91.9 Å². The molecular formula is C20H15BrN2O4. The van der Waals surface area contributed by atoms with Gasteiger partial charge in [-0.25, -0.2) is 5.43 Å². The Bertz CT molecular complexity index is 965. The van der Waals surface area contributed by atoms with E-state index in [9.17, 15) is 14.7 Å². The molecule has 2 aromatic carbocycles. The Morgan fingerprint density at radius 2 is 1.74 bits per heavy atom. The highest BCUT2D eigenvalue weighted by Gasteiger charge is 2.21. The lowest BCUT2D eigenvalue weighted by Crippen LogP contribution is -2.17. The fraction of sp³-hybridized carbons (Fsp3) is 0.0500. The smallest absolute Gasteiger partial charge is 0.271 e. The monoisotopic (exact) mass is 426 g/mol. The summed E-state index contributed by atoms with van der Waals surface area (Å²) < 4.78 is 6.24. The number of carbonyl (C=O) groups is 2. The number of nitrogens with zero attached hydrogens (tertiary/aromatic N) is 1. The summed E-state index contributed by atoms with van der Waals surface area (Å²) in [6.07, 6.45) is -0.0261. The van der Waals surface area contributed by atoms with Gasteiger partial charge in [-0.2, -0.15) is 5.10 Å². The molecule has 0 bridgehead atoms.